The van der Waals surface area contributed by atoms with E-state index < -0.39 is 28.5 Å². The van der Waals surface area contributed by atoms with Crippen LogP contribution in [0.1, 0.15) is 26.3 Å². The average molecular weight is 466 g/mol. The van der Waals surface area contributed by atoms with Crippen molar-refractivity contribution in [2.45, 2.75) is 39.4 Å². The molecule has 168 valence electrons. The molecule has 0 aliphatic rings. The Labute approximate surface area is 189 Å². The first kappa shape index (κ1) is 24.7. The van der Waals surface area contributed by atoms with Gasteiger partial charge in [-0.1, -0.05) is 54.1 Å². The molecule has 0 saturated carbocycles. The molecule has 0 spiro atoms. The third kappa shape index (κ3) is 6.97. The van der Waals surface area contributed by atoms with E-state index in [-0.39, 0.29) is 29.2 Å². The summed E-state index contributed by atoms with van der Waals surface area (Å²) >= 11 is 6.19. The number of anilines is 1. The molecular weight excluding hydrogens is 438 g/mol. The molecule has 2 aromatic carbocycles. The normalized spacial score (nSPS) is 12.3. The number of benzene rings is 2. The molecule has 0 saturated heterocycles. The fourth-order valence-corrected chi connectivity index (χ4v) is 4.17. The molecule has 9 heteroatoms. The molecule has 1 atom stereocenters. The number of hydrogen-bond acceptors (Lipinski definition) is 4. The van der Waals surface area contributed by atoms with Crippen LogP contribution in [0.5, 0.6) is 0 Å². The Morgan fingerprint density at radius 2 is 1.58 bits per heavy atom. The topological polar surface area (TPSA) is 86.8 Å². The second-order valence-corrected chi connectivity index (χ2v) is 9.88. The van der Waals surface area contributed by atoms with Crippen LogP contribution < -0.4 is 9.62 Å². The van der Waals surface area contributed by atoms with Gasteiger partial charge in [-0.15, -0.1) is 0 Å². The van der Waals surface area contributed by atoms with Gasteiger partial charge in [-0.2, -0.15) is 0 Å². The predicted molar refractivity (Wildman–Crippen MR) is 123 cm³/mol. The number of amides is 2. The quantitative estimate of drug-likeness (QED) is 0.616. The summed E-state index contributed by atoms with van der Waals surface area (Å²) in [6.45, 7) is 4.97. The number of carbonyl (C=O) groups excluding carboxylic acids is 2. The lowest BCUT2D eigenvalue weighted by Gasteiger charge is -2.32. The Balaban J connectivity index is 2.38. The fraction of sp³-hybridized carbons (Fsp3) is 0.364. The summed E-state index contributed by atoms with van der Waals surface area (Å²) in [6.07, 6.45) is 1.01. The minimum absolute atomic E-state index is 0.0979. The van der Waals surface area contributed by atoms with Gasteiger partial charge in [-0.3, -0.25) is 13.9 Å². The zero-order valence-electron chi connectivity index (χ0n) is 18.1. The molecule has 0 aliphatic heterocycles. The van der Waals surface area contributed by atoms with E-state index in [4.69, 9.17) is 11.6 Å². The minimum Gasteiger partial charge on any atom is -0.352 e. The number of sulfonamides is 1. The monoisotopic (exact) mass is 465 g/mol. The van der Waals surface area contributed by atoms with Crippen molar-refractivity contribution in [2.75, 3.05) is 17.1 Å². The van der Waals surface area contributed by atoms with Crippen LogP contribution >= 0.6 is 11.6 Å². The van der Waals surface area contributed by atoms with Gasteiger partial charge in [0, 0.05) is 12.6 Å². The molecule has 0 unspecified atom stereocenters. The average Bonchev–Trinajstić information content (AvgIpc) is 2.69. The molecule has 2 aromatic rings. The number of hydrogen-bond donors (Lipinski definition) is 1. The van der Waals surface area contributed by atoms with Crippen LogP contribution in [-0.4, -0.2) is 50.0 Å². The van der Waals surface area contributed by atoms with E-state index in [9.17, 15) is 18.0 Å². The van der Waals surface area contributed by atoms with Crippen molar-refractivity contribution in [3.63, 3.8) is 0 Å². The van der Waals surface area contributed by atoms with Crippen LogP contribution in [0.25, 0.3) is 0 Å². The Morgan fingerprint density at radius 1 is 1.00 bits per heavy atom. The van der Waals surface area contributed by atoms with E-state index in [1.54, 1.807) is 25.1 Å². The lowest BCUT2D eigenvalue weighted by atomic mass is 10.1. The molecular formula is C22H28ClN3O4S. The van der Waals surface area contributed by atoms with Crippen molar-refractivity contribution in [1.82, 2.24) is 10.2 Å². The molecule has 0 radical (unpaired) electrons. The zero-order chi connectivity index (χ0) is 23.2. The van der Waals surface area contributed by atoms with Gasteiger partial charge in [0.2, 0.25) is 21.8 Å². The molecule has 31 heavy (non-hydrogen) atoms. The zero-order valence-corrected chi connectivity index (χ0v) is 19.7. The van der Waals surface area contributed by atoms with E-state index in [0.29, 0.717) is 0 Å². The molecule has 0 aliphatic carbocycles. The van der Waals surface area contributed by atoms with Gasteiger partial charge in [-0.05, 0) is 38.5 Å². The number of nitrogens with one attached hydrogen (secondary N) is 1. The van der Waals surface area contributed by atoms with Gasteiger partial charge in [-0.25, -0.2) is 8.42 Å². The van der Waals surface area contributed by atoms with Crippen molar-refractivity contribution < 1.29 is 18.0 Å². The lowest BCUT2D eigenvalue weighted by Crippen LogP contribution is -2.52. The van der Waals surface area contributed by atoms with Gasteiger partial charge in [0.05, 0.1) is 17.0 Å². The van der Waals surface area contributed by atoms with Crippen LogP contribution in [0.15, 0.2) is 54.6 Å². The maximum atomic E-state index is 13.3. The van der Waals surface area contributed by atoms with E-state index in [1.807, 2.05) is 44.2 Å². The van der Waals surface area contributed by atoms with Crippen LogP contribution in [0.2, 0.25) is 5.02 Å². The van der Waals surface area contributed by atoms with Crippen LogP contribution in [0, 0.1) is 0 Å². The second kappa shape index (κ2) is 10.6. The van der Waals surface area contributed by atoms with E-state index >= 15 is 0 Å². The van der Waals surface area contributed by atoms with Crippen LogP contribution in [0.4, 0.5) is 5.69 Å². The van der Waals surface area contributed by atoms with Gasteiger partial charge in [0.15, 0.2) is 0 Å². The Hall–Kier alpha value is -2.58. The Kier molecular flexibility index (Phi) is 8.47. The highest BCUT2D eigenvalue weighted by Gasteiger charge is 2.30. The van der Waals surface area contributed by atoms with Crippen molar-refractivity contribution >= 4 is 39.1 Å². The SMILES string of the molecule is CC(C)NC(=O)[C@@H](C)N(Cc1ccccc1)C(=O)CN(c1ccccc1Cl)S(C)(=O)=O. The highest BCUT2D eigenvalue weighted by Crippen LogP contribution is 2.27. The smallest absolute Gasteiger partial charge is 0.244 e. The number of rotatable bonds is 9. The third-order valence-corrected chi connectivity index (χ3v) is 6.04. The maximum absolute atomic E-state index is 13.3. The van der Waals surface area contributed by atoms with Crippen molar-refractivity contribution in [3.05, 3.63) is 65.2 Å². The van der Waals surface area contributed by atoms with Gasteiger partial charge in [0.1, 0.15) is 12.6 Å². The Morgan fingerprint density at radius 3 is 2.13 bits per heavy atom. The largest absolute Gasteiger partial charge is 0.352 e. The first-order valence-corrected chi connectivity index (χ1v) is 12.1. The molecule has 0 heterocycles. The van der Waals surface area contributed by atoms with Crippen molar-refractivity contribution in [1.29, 1.82) is 0 Å². The number of para-hydroxylation sites is 1. The molecule has 0 fully saturated rings. The first-order valence-electron chi connectivity index (χ1n) is 9.86. The van der Waals surface area contributed by atoms with Gasteiger partial charge in [0.25, 0.3) is 0 Å². The summed E-state index contributed by atoms with van der Waals surface area (Å²) in [5, 5.41) is 3.01. The van der Waals surface area contributed by atoms with Crippen molar-refractivity contribution in [2.24, 2.45) is 0 Å². The van der Waals surface area contributed by atoms with Gasteiger partial charge < -0.3 is 10.2 Å². The summed E-state index contributed by atoms with van der Waals surface area (Å²) in [4.78, 5) is 27.3. The minimum atomic E-state index is -3.81. The highest BCUT2D eigenvalue weighted by molar-refractivity contribution is 7.92. The third-order valence-electron chi connectivity index (χ3n) is 4.59. The number of carbonyl (C=O) groups is 2. The van der Waals surface area contributed by atoms with E-state index in [0.717, 1.165) is 16.1 Å². The second-order valence-electron chi connectivity index (χ2n) is 7.57. The Bertz CT molecular complexity index is 1010. The number of nitrogens with zero attached hydrogens (tertiary/aromatic N) is 2. The molecule has 7 nitrogen and oxygen atoms in total. The predicted octanol–water partition coefficient (Wildman–Crippen LogP) is 3.05. The van der Waals surface area contributed by atoms with Crippen molar-refractivity contribution in [3.8, 4) is 0 Å². The molecule has 1 N–H and O–H groups in total. The highest BCUT2D eigenvalue weighted by atomic mass is 35.5. The van der Waals surface area contributed by atoms with Gasteiger partial charge >= 0.3 is 0 Å². The number of halogens is 1. The summed E-state index contributed by atoms with van der Waals surface area (Å²) in [6, 6.07) is 14.7. The molecule has 2 rings (SSSR count). The molecule has 0 bridgehead atoms. The molecule has 0 aromatic heterocycles. The van der Waals surface area contributed by atoms with E-state index in [1.165, 1.54) is 11.0 Å². The van der Waals surface area contributed by atoms with Crippen LogP contribution in [0.3, 0.4) is 0 Å². The summed E-state index contributed by atoms with van der Waals surface area (Å²) < 4.78 is 25.9. The van der Waals surface area contributed by atoms with E-state index in [2.05, 4.69) is 5.32 Å². The fourth-order valence-electron chi connectivity index (χ4n) is 3.02. The lowest BCUT2D eigenvalue weighted by molar-refractivity contribution is -0.139. The summed E-state index contributed by atoms with van der Waals surface area (Å²) in [7, 11) is -3.81. The first-order chi connectivity index (χ1) is 14.5. The van der Waals surface area contributed by atoms with Crippen LogP contribution in [-0.2, 0) is 26.2 Å². The summed E-state index contributed by atoms with van der Waals surface area (Å²) in [5.41, 5.74) is 1.03. The standard InChI is InChI=1S/C22H28ClN3O4S/c1-16(2)24-22(28)17(3)25(14-18-10-6-5-7-11-18)21(27)15-26(31(4,29)30)20-13-9-8-12-19(20)23/h5-13,16-17H,14-15H2,1-4H3,(H,24,28)/t17-/m1/s1. The summed E-state index contributed by atoms with van der Waals surface area (Å²) in [5.74, 6) is -0.830. The maximum Gasteiger partial charge on any atom is 0.244 e. The molecule has 2 amide bonds.